The van der Waals surface area contributed by atoms with Gasteiger partial charge in [0.15, 0.2) is 0 Å². The zero-order chi connectivity index (χ0) is 12.5. The van der Waals surface area contributed by atoms with Gasteiger partial charge in [0, 0.05) is 31.1 Å². The fraction of sp³-hybridized carbons (Fsp3) is 0.500. The van der Waals surface area contributed by atoms with Crippen LogP contribution in [0.25, 0.3) is 0 Å². The second-order valence-corrected chi connectivity index (χ2v) is 5.11. The summed E-state index contributed by atoms with van der Waals surface area (Å²) in [6, 6.07) is 8.55. The Bertz CT molecular complexity index is 454. The second kappa shape index (κ2) is 4.61. The van der Waals surface area contributed by atoms with E-state index in [0.29, 0.717) is 18.4 Å². The van der Waals surface area contributed by atoms with Crippen LogP contribution in [-0.4, -0.2) is 35.7 Å². The molecule has 1 saturated heterocycles. The van der Waals surface area contributed by atoms with E-state index in [4.69, 9.17) is 9.84 Å². The predicted octanol–water partition coefficient (Wildman–Crippen LogP) is 1.92. The van der Waals surface area contributed by atoms with Gasteiger partial charge in [0.1, 0.15) is 5.75 Å². The molecule has 18 heavy (non-hydrogen) atoms. The highest BCUT2D eigenvalue weighted by Crippen LogP contribution is 2.39. The van der Waals surface area contributed by atoms with E-state index in [1.54, 1.807) is 0 Å². The topological polar surface area (TPSA) is 49.8 Å². The van der Waals surface area contributed by atoms with Gasteiger partial charge < -0.3 is 9.84 Å². The molecule has 0 aromatic heterocycles. The molecule has 0 aliphatic carbocycles. The summed E-state index contributed by atoms with van der Waals surface area (Å²) >= 11 is 0. The van der Waals surface area contributed by atoms with E-state index in [9.17, 15) is 4.79 Å². The average Bonchev–Trinajstić information content (AvgIpc) is 2.32. The van der Waals surface area contributed by atoms with E-state index in [2.05, 4.69) is 11.0 Å². The zero-order valence-corrected chi connectivity index (χ0v) is 10.2. The van der Waals surface area contributed by atoms with Crippen molar-refractivity contribution in [3.8, 4) is 5.75 Å². The minimum atomic E-state index is -0.688. The van der Waals surface area contributed by atoms with Gasteiger partial charge >= 0.3 is 5.97 Å². The summed E-state index contributed by atoms with van der Waals surface area (Å²) in [6.07, 6.45) is 1.29. The molecule has 1 fully saturated rings. The molecule has 0 amide bonds. The summed E-state index contributed by atoms with van der Waals surface area (Å²) in [5.41, 5.74) is 1.25. The first kappa shape index (κ1) is 11.5. The van der Waals surface area contributed by atoms with Crippen LogP contribution in [-0.2, 0) is 4.79 Å². The van der Waals surface area contributed by atoms with E-state index < -0.39 is 5.97 Å². The van der Waals surface area contributed by atoms with Gasteiger partial charge in [-0.3, -0.25) is 9.69 Å². The number of carboxylic acid groups (broad SMARTS) is 1. The molecule has 2 aliphatic rings. The first-order valence-corrected chi connectivity index (χ1v) is 6.41. The molecule has 1 N–H and O–H groups in total. The lowest BCUT2D eigenvalue weighted by Gasteiger charge is -2.45. The Hall–Kier alpha value is -1.55. The van der Waals surface area contributed by atoms with Crippen molar-refractivity contribution >= 4 is 5.97 Å². The zero-order valence-electron chi connectivity index (χ0n) is 10.2. The molecule has 4 nitrogen and oxygen atoms in total. The highest BCUT2D eigenvalue weighted by Gasteiger charge is 2.36. The quantitative estimate of drug-likeness (QED) is 0.886. The normalized spacial score (nSPS) is 23.9. The first-order chi connectivity index (χ1) is 8.74. The number of ether oxygens (including phenoxy) is 1. The molecule has 2 aliphatic heterocycles. The molecular formula is C14H17NO3. The molecule has 1 aromatic carbocycles. The van der Waals surface area contributed by atoms with E-state index >= 15 is 0 Å². The maximum atomic E-state index is 10.6. The monoisotopic (exact) mass is 247 g/mol. The van der Waals surface area contributed by atoms with Crippen LogP contribution in [0.1, 0.15) is 24.4 Å². The lowest BCUT2D eigenvalue weighted by atomic mass is 9.90. The maximum Gasteiger partial charge on any atom is 0.303 e. The highest BCUT2D eigenvalue weighted by atomic mass is 16.5. The Labute approximate surface area is 106 Å². The minimum absolute atomic E-state index is 0.293. The third-order valence-electron chi connectivity index (χ3n) is 3.82. The van der Waals surface area contributed by atoms with Crippen molar-refractivity contribution in [1.82, 2.24) is 4.90 Å². The number of aliphatic carboxylic acids is 1. The minimum Gasteiger partial charge on any atom is -0.493 e. The highest BCUT2D eigenvalue weighted by molar-refractivity contribution is 5.67. The Morgan fingerprint density at radius 1 is 1.39 bits per heavy atom. The summed E-state index contributed by atoms with van der Waals surface area (Å²) in [6.45, 7) is 2.54. The fourth-order valence-electron chi connectivity index (χ4n) is 2.94. The van der Waals surface area contributed by atoms with Crippen LogP contribution in [0.5, 0.6) is 5.75 Å². The number of nitrogens with zero attached hydrogens (tertiary/aromatic N) is 1. The molecule has 1 atom stereocenters. The van der Waals surface area contributed by atoms with Gasteiger partial charge in [-0.25, -0.2) is 0 Å². The third-order valence-corrected chi connectivity index (χ3v) is 3.82. The second-order valence-electron chi connectivity index (χ2n) is 5.11. The molecule has 4 heteroatoms. The van der Waals surface area contributed by atoms with Gasteiger partial charge in [-0.1, -0.05) is 18.2 Å². The largest absolute Gasteiger partial charge is 0.493 e. The van der Waals surface area contributed by atoms with Crippen molar-refractivity contribution < 1.29 is 14.6 Å². The number of likely N-dealkylation sites (tertiary alicyclic amines) is 1. The van der Waals surface area contributed by atoms with Crippen LogP contribution in [0.4, 0.5) is 0 Å². The SMILES string of the molecule is O=C(O)CC1CN(C2CCOc3ccccc32)C1. The maximum absolute atomic E-state index is 10.6. The molecule has 1 aromatic rings. The predicted molar refractivity (Wildman–Crippen MR) is 66.6 cm³/mol. The van der Waals surface area contributed by atoms with Gasteiger partial charge in [-0.05, 0) is 12.0 Å². The molecule has 0 spiro atoms. The van der Waals surface area contributed by atoms with E-state index in [0.717, 1.165) is 31.9 Å². The van der Waals surface area contributed by atoms with Crippen LogP contribution in [0.15, 0.2) is 24.3 Å². The standard InChI is InChI=1S/C14H17NO3/c16-14(17)7-10-8-15(9-10)12-5-6-18-13-4-2-1-3-11(12)13/h1-4,10,12H,5-9H2,(H,16,17). The van der Waals surface area contributed by atoms with Crippen LogP contribution in [0.3, 0.4) is 0 Å². The van der Waals surface area contributed by atoms with E-state index in [-0.39, 0.29) is 0 Å². The van der Waals surface area contributed by atoms with Gasteiger partial charge in [-0.2, -0.15) is 0 Å². The Kier molecular flexibility index (Phi) is 2.96. The summed E-state index contributed by atoms with van der Waals surface area (Å²) in [5.74, 6) is 0.611. The van der Waals surface area contributed by atoms with Gasteiger partial charge in [-0.15, -0.1) is 0 Å². The molecule has 0 radical (unpaired) electrons. The Balaban J connectivity index is 1.67. The van der Waals surface area contributed by atoms with Crippen molar-refractivity contribution in [2.24, 2.45) is 5.92 Å². The van der Waals surface area contributed by atoms with Crippen LogP contribution in [0.2, 0.25) is 0 Å². The third kappa shape index (κ3) is 2.08. The number of rotatable bonds is 3. The Morgan fingerprint density at radius 2 is 2.17 bits per heavy atom. The number of carbonyl (C=O) groups is 1. The van der Waals surface area contributed by atoms with E-state index in [1.807, 2.05) is 18.2 Å². The molecule has 0 bridgehead atoms. The van der Waals surface area contributed by atoms with Crippen molar-refractivity contribution in [2.45, 2.75) is 18.9 Å². The number of para-hydroxylation sites is 1. The van der Waals surface area contributed by atoms with Gasteiger partial charge in [0.05, 0.1) is 13.0 Å². The van der Waals surface area contributed by atoms with Crippen LogP contribution in [0, 0.1) is 5.92 Å². The summed E-state index contributed by atoms with van der Waals surface area (Å²) in [5, 5.41) is 8.76. The number of hydrogen-bond donors (Lipinski definition) is 1. The lowest BCUT2D eigenvalue weighted by Crippen LogP contribution is -2.50. The van der Waals surface area contributed by atoms with Gasteiger partial charge in [0.25, 0.3) is 0 Å². The van der Waals surface area contributed by atoms with Crippen molar-refractivity contribution in [3.05, 3.63) is 29.8 Å². The van der Waals surface area contributed by atoms with Crippen molar-refractivity contribution in [3.63, 3.8) is 0 Å². The van der Waals surface area contributed by atoms with Crippen molar-refractivity contribution in [2.75, 3.05) is 19.7 Å². The number of benzene rings is 1. The van der Waals surface area contributed by atoms with E-state index in [1.165, 1.54) is 5.56 Å². The molecule has 3 rings (SSSR count). The molecule has 96 valence electrons. The molecule has 2 heterocycles. The molecule has 1 unspecified atom stereocenters. The number of hydrogen-bond acceptors (Lipinski definition) is 3. The first-order valence-electron chi connectivity index (χ1n) is 6.41. The fourth-order valence-corrected chi connectivity index (χ4v) is 2.94. The van der Waals surface area contributed by atoms with Crippen LogP contribution < -0.4 is 4.74 Å². The number of fused-ring (bicyclic) bond motifs is 1. The Morgan fingerprint density at radius 3 is 2.94 bits per heavy atom. The lowest BCUT2D eigenvalue weighted by molar-refractivity contribution is -0.140. The average molecular weight is 247 g/mol. The molecule has 0 saturated carbocycles. The summed E-state index contributed by atoms with van der Waals surface area (Å²) in [4.78, 5) is 13.0. The summed E-state index contributed by atoms with van der Waals surface area (Å²) < 4.78 is 5.64. The smallest absolute Gasteiger partial charge is 0.303 e. The van der Waals surface area contributed by atoms with Crippen molar-refractivity contribution in [1.29, 1.82) is 0 Å². The summed E-state index contributed by atoms with van der Waals surface area (Å²) in [7, 11) is 0. The van der Waals surface area contributed by atoms with Crippen LogP contribution >= 0.6 is 0 Å². The van der Waals surface area contributed by atoms with Gasteiger partial charge in [0.2, 0.25) is 0 Å². The number of carboxylic acids is 1. The molecular weight excluding hydrogens is 230 g/mol.